The van der Waals surface area contributed by atoms with Crippen LogP contribution in [-0.2, 0) is 6.42 Å². The van der Waals surface area contributed by atoms with Crippen LogP contribution in [0.15, 0.2) is 54.8 Å². The molecule has 108 valence electrons. The summed E-state index contributed by atoms with van der Waals surface area (Å²) in [4.78, 5) is 0. The quantitative estimate of drug-likeness (QED) is 0.807. The third-order valence-electron chi connectivity index (χ3n) is 3.14. The van der Waals surface area contributed by atoms with Gasteiger partial charge in [-0.15, -0.1) is 13.2 Å². The zero-order chi connectivity index (χ0) is 14.9. The molecule has 0 amide bonds. The number of para-hydroxylation sites is 1. The van der Waals surface area contributed by atoms with Crippen molar-refractivity contribution in [3.8, 4) is 11.5 Å². The number of halogens is 3. The summed E-state index contributed by atoms with van der Waals surface area (Å²) in [5.41, 5.74) is 2.76. The van der Waals surface area contributed by atoms with Gasteiger partial charge in [0.2, 0.25) is 0 Å². The number of ether oxygens (including phenoxy) is 2. The third kappa shape index (κ3) is 3.18. The fraction of sp³-hybridized carbons (Fsp3) is 0.125. The van der Waals surface area contributed by atoms with E-state index >= 15 is 0 Å². The van der Waals surface area contributed by atoms with E-state index in [0.717, 1.165) is 22.4 Å². The average molecular weight is 292 g/mol. The molecule has 21 heavy (non-hydrogen) atoms. The first-order valence-electron chi connectivity index (χ1n) is 6.31. The molecular weight excluding hydrogens is 281 g/mol. The predicted molar refractivity (Wildman–Crippen MR) is 71.9 cm³/mol. The van der Waals surface area contributed by atoms with Crippen molar-refractivity contribution < 1.29 is 22.6 Å². The predicted octanol–water partition coefficient (Wildman–Crippen LogP) is 4.56. The minimum atomic E-state index is -4.67. The number of rotatable bonds is 2. The minimum absolute atomic E-state index is 0.232. The van der Waals surface area contributed by atoms with Gasteiger partial charge >= 0.3 is 6.36 Å². The van der Waals surface area contributed by atoms with Crippen LogP contribution >= 0.6 is 0 Å². The average Bonchev–Trinajstić information content (AvgIpc) is 2.46. The van der Waals surface area contributed by atoms with Crippen molar-refractivity contribution in [3.63, 3.8) is 0 Å². The Balaban J connectivity index is 1.78. The lowest BCUT2D eigenvalue weighted by Crippen LogP contribution is -2.17. The maximum atomic E-state index is 12.1. The lowest BCUT2D eigenvalue weighted by Gasteiger charge is -2.17. The van der Waals surface area contributed by atoms with Gasteiger partial charge in [0.25, 0.3) is 0 Å². The molecule has 0 saturated heterocycles. The number of alkyl halides is 3. The Hall–Kier alpha value is -2.43. The van der Waals surface area contributed by atoms with E-state index in [-0.39, 0.29) is 5.75 Å². The van der Waals surface area contributed by atoms with Crippen LogP contribution in [0.25, 0.3) is 5.57 Å². The van der Waals surface area contributed by atoms with E-state index in [1.165, 1.54) is 12.1 Å². The van der Waals surface area contributed by atoms with E-state index in [2.05, 4.69) is 4.74 Å². The highest BCUT2D eigenvalue weighted by Gasteiger charge is 2.31. The summed E-state index contributed by atoms with van der Waals surface area (Å²) in [5, 5.41) is 0. The van der Waals surface area contributed by atoms with Crippen molar-refractivity contribution in [3.05, 3.63) is 65.9 Å². The zero-order valence-electron chi connectivity index (χ0n) is 10.9. The Morgan fingerprint density at radius 3 is 2.38 bits per heavy atom. The normalized spacial score (nSPS) is 14.0. The molecule has 1 heterocycles. The molecule has 0 aliphatic carbocycles. The summed E-state index contributed by atoms with van der Waals surface area (Å²) >= 11 is 0. The summed E-state index contributed by atoms with van der Waals surface area (Å²) in [6, 6.07) is 13.4. The molecule has 0 spiro atoms. The molecule has 2 aromatic carbocycles. The van der Waals surface area contributed by atoms with Crippen molar-refractivity contribution in [2.75, 3.05) is 0 Å². The first-order chi connectivity index (χ1) is 10.0. The van der Waals surface area contributed by atoms with E-state index in [9.17, 15) is 13.2 Å². The van der Waals surface area contributed by atoms with Gasteiger partial charge in [-0.25, -0.2) is 0 Å². The highest BCUT2D eigenvalue weighted by atomic mass is 19.4. The van der Waals surface area contributed by atoms with Gasteiger partial charge in [-0.2, -0.15) is 0 Å². The lowest BCUT2D eigenvalue weighted by molar-refractivity contribution is -0.274. The monoisotopic (exact) mass is 292 g/mol. The highest BCUT2D eigenvalue weighted by molar-refractivity contribution is 5.70. The minimum Gasteiger partial charge on any atom is -0.464 e. The third-order valence-corrected chi connectivity index (χ3v) is 3.14. The van der Waals surface area contributed by atoms with Crippen LogP contribution in [0.2, 0.25) is 0 Å². The molecule has 0 radical (unpaired) electrons. The molecule has 0 atom stereocenters. The number of benzene rings is 2. The largest absolute Gasteiger partial charge is 0.573 e. The molecule has 1 aliphatic heterocycles. The number of fused-ring (bicyclic) bond motifs is 1. The molecule has 0 N–H and O–H groups in total. The van der Waals surface area contributed by atoms with Gasteiger partial charge < -0.3 is 9.47 Å². The Morgan fingerprint density at radius 1 is 0.952 bits per heavy atom. The van der Waals surface area contributed by atoms with Crippen molar-refractivity contribution in [2.45, 2.75) is 12.8 Å². The number of hydrogen-bond donors (Lipinski definition) is 0. The highest BCUT2D eigenvalue weighted by Crippen LogP contribution is 2.32. The van der Waals surface area contributed by atoms with Crippen molar-refractivity contribution >= 4 is 5.57 Å². The van der Waals surface area contributed by atoms with E-state index < -0.39 is 6.36 Å². The van der Waals surface area contributed by atoms with Crippen LogP contribution < -0.4 is 9.47 Å². The number of hydrogen-bond acceptors (Lipinski definition) is 2. The molecule has 1 aliphatic rings. The first-order valence-corrected chi connectivity index (χ1v) is 6.31. The molecular formula is C16H11F3O2. The van der Waals surface area contributed by atoms with E-state index in [4.69, 9.17) is 4.74 Å². The van der Waals surface area contributed by atoms with Crippen molar-refractivity contribution in [2.24, 2.45) is 0 Å². The number of allylic oxidation sites excluding steroid dienone is 1. The van der Waals surface area contributed by atoms with Crippen LogP contribution in [0.3, 0.4) is 0 Å². The topological polar surface area (TPSA) is 18.5 Å². The van der Waals surface area contributed by atoms with Gasteiger partial charge in [0, 0.05) is 6.42 Å². The van der Waals surface area contributed by atoms with Gasteiger partial charge in [0.05, 0.1) is 6.26 Å². The Morgan fingerprint density at radius 2 is 1.67 bits per heavy atom. The first kappa shape index (κ1) is 13.5. The van der Waals surface area contributed by atoms with E-state index in [0.29, 0.717) is 6.42 Å². The summed E-state index contributed by atoms with van der Waals surface area (Å²) in [6.45, 7) is 0. The van der Waals surface area contributed by atoms with Gasteiger partial charge in [0.15, 0.2) is 0 Å². The summed E-state index contributed by atoms with van der Waals surface area (Å²) in [6.07, 6.45) is -2.37. The standard InChI is InChI=1S/C16H11F3O2/c17-16(18,19)21-14-7-5-11(6-8-14)13-9-12-3-1-2-4-15(12)20-10-13/h1-8,10H,9H2. The molecule has 3 rings (SSSR count). The second-order valence-corrected chi connectivity index (χ2v) is 4.62. The second-order valence-electron chi connectivity index (χ2n) is 4.62. The van der Waals surface area contributed by atoms with Crippen LogP contribution in [0, 0.1) is 0 Å². The molecule has 5 heteroatoms. The smallest absolute Gasteiger partial charge is 0.464 e. The second kappa shape index (κ2) is 5.16. The van der Waals surface area contributed by atoms with Crippen molar-refractivity contribution in [1.29, 1.82) is 0 Å². The maximum Gasteiger partial charge on any atom is 0.573 e. The lowest BCUT2D eigenvalue weighted by atomic mass is 9.97. The van der Waals surface area contributed by atoms with Crippen LogP contribution in [0.4, 0.5) is 13.2 Å². The molecule has 2 nitrogen and oxygen atoms in total. The van der Waals surface area contributed by atoms with Gasteiger partial charge in [-0.05, 0) is 34.9 Å². The zero-order valence-corrected chi connectivity index (χ0v) is 10.9. The SMILES string of the molecule is FC(F)(F)Oc1ccc(C2=COc3ccccc3C2)cc1. The Kier molecular flexibility index (Phi) is 3.33. The van der Waals surface area contributed by atoms with Gasteiger partial charge in [0.1, 0.15) is 11.5 Å². The summed E-state index contributed by atoms with van der Waals surface area (Å²) in [7, 11) is 0. The molecule has 0 aromatic heterocycles. The Labute approximate surface area is 119 Å². The van der Waals surface area contributed by atoms with E-state index in [1.807, 2.05) is 24.3 Å². The molecule has 0 bridgehead atoms. The fourth-order valence-corrected chi connectivity index (χ4v) is 2.19. The van der Waals surface area contributed by atoms with Gasteiger partial charge in [-0.3, -0.25) is 0 Å². The Bertz CT molecular complexity index is 673. The molecule has 2 aromatic rings. The fourth-order valence-electron chi connectivity index (χ4n) is 2.19. The van der Waals surface area contributed by atoms with Crippen molar-refractivity contribution in [1.82, 2.24) is 0 Å². The van der Waals surface area contributed by atoms with Crippen LogP contribution in [-0.4, -0.2) is 6.36 Å². The van der Waals surface area contributed by atoms with Crippen LogP contribution in [0.1, 0.15) is 11.1 Å². The van der Waals surface area contributed by atoms with Gasteiger partial charge in [-0.1, -0.05) is 30.3 Å². The molecule has 0 unspecified atom stereocenters. The van der Waals surface area contributed by atoms with E-state index in [1.54, 1.807) is 18.4 Å². The van der Waals surface area contributed by atoms with Crippen LogP contribution in [0.5, 0.6) is 11.5 Å². The molecule has 0 fully saturated rings. The summed E-state index contributed by atoms with van der Waals surface area (Å²) in [5.74, 6) is 0.572. The summed E-state index contributed by atoms with van der Waals surface area (Å²) < 4.78 is 45.7. The maximum absolute atomic E-state index is 12.1. The molecule has 0 saturated carbocycles.